The molecule has 7 heteroatoms. The number of hydrogen-bond acceptors (Lipinski definition) is 4. The summed E-state index contributed by atoms with van der Waals surface area (Å²) in [6.45, 7) is 0. The summed E-state index contributed by atoms with van der Waals surface area (Å²) in [4.78, 5) is 0. The van der Waals surface area contributed by atoms with Crippen molar-refractivity contribution in [2.45, 2.75) is 0 Å². The molecule has 0 spiro atoms. The summed E-state index contributed by atoms with van der Waals surface area (Å²) in [5.41, 5.74) is 0. The van der Waals surface area contributed by atoms with Crippen LogP contribution in [0.25, 0.3) is 0 Å². The fraction of sp³-hybridized carbons (Fsp3) is 0. The molecule has 4 nitrogen and oxygen atoms in total. The van der Waals surface area contributed by atoms with Crippen LogP contribution in [0.3, 0.4) is 0 Å². The summed E-state index contributed by atoms with van der Waals surface area (Å²) in [5.74, 6) is 0. The molecule has 0 aromatic rings. The zero-order chi connectivity index (χ0) is 4.50. The maximum Gasteiger partial charge on any atom is 1.00 e. The second-order valence-electron chi connectivity index (χ2n) is 0.408. The molecule has 0 atom stereocenters. The Morgan fingerprint density at radius 1 is 1.14 bits per heavy atom. The fourth-order valence-corrected chi connectivity index (χ4v) is 0. The van der Waals surface area contributed by atoms with E-state index >= 15 is 0 Å². The molecular formula is H3GeKO4S. The topological polar surface area (TPSA) is 80.3 Å². The molecule has 0 radical (unpaired) electrons. The Labute approximate surface area is 95.0 Å². The first-order valence-electron chi connectivity index (χ1n) is 0.667. The largest absolute Gasteiger partial charge is 1.00 e. The summed E-state index contributed by atoms with van der Waals surface area (Å²) < 4.78 is 34.1. The van der Waals surface area contributed by atoms with Crippen molar-refractivity contribution in [3.8, 4) is 0 Å². The minimum atomic E-state index is -5.17. The van der Waals surface area contributed by atoms with Gasteiger partial charge in [-0.1, -0.05) is 0 Å². The van der Waals surface area contributed by atoms with Crippen molar-refractivity contribution in [1.82, 2.24) is 0 Å². The molecule has 0 saturated carbocycles. The van der Waals surface area contributed by atoms with Gasteiger partial charge in [-0.3, -0.25) is 8.42 Å². The van der Waals surface area contributed by atoms with Crippen LogP contribution in [0.4, 0.5) is 0 Å². The minimum Gasteiger partial charge on any atom is 1.00 e. The average molecular weight is 211 g/mol. The van der Waals surface area contributed by atoms with Crippen LogP contribution in [0, 0.1) is 0 Å². The zero-order valence-electron chi connectivity index (χ0n) is 4.04. The van der Waals surface area contributed by atoms with E-state index in [-0.39, 0.29) is 69.0 Å². The molecule has 0 aliphatic heterocycles. The van der Waals surface area contributed by atoms with Crippen molar-refractivity contribution in [3.63, 3.8) is 0 Å². The van der Waals surface area contributed by atoms with Crippen LogP contribution < -0.4 is 51.4 Å². The van der Waals surface area contributed by atoms with E-state index in [2.05, 4.69) is 0 Å². The van der Waals surface area contributed by atoms with Crippen molar-refractivity contribution in [3.05, 3.63) is 0 Å². The summed E-state index contributed by atoms with van der Waals surface area (Å²) in [6, 6.07) is 0. The molecular weight excluding hydrogens is 208 g/mol. The van der Waals surface area contributed by atoms with Crippen molar-refractivity contribution >= 4 is 28.0 Å². The van der Waals surface area contributed by atoms with E-state index in [4.69, 9.17) is 17.5 Å². The van der Waals surface area contributed by atoms with Gasteiger partial charge < -0.3 is 9.11 Å². The molecule has 0 aromatic carbocycles. The van der Waals surface area contributed by atoms with E-state index in [1.54, 1.807) is 0 Å². The Morgan fingerprint density at radius 2 is 1.14 bits per heavy atom. The third kappa shape index (κ3) is 70.1. The maximum atomic E-state index is 8.52. The molecule has 0 saturated heterocycles. The average Bonchev–Trinajstić information content (AvgIpc) is 0.722. The Balaban J connectivity index is -0.0000000800. The van der Waals surface area contributed by atoms with Crippen LogP contribution in [-0.4, -0.2) is 35.1 Å². The van der Waals surface area contributed by atoms with E-state index in [0.29, 0.717) is 0 Å². The third-order valence-electron chi connectivity index (χ3n) is 0. The quantitative estimate of drug-likeness (QED) is 0.227. The second kappa shape index (κ2) is 6.17. The second-order valence-corrected chi connectivity index (χ2v) is 1.22. The Bertz CT molecular complexity index is 94.9. The molecule has 0 N–H and O–H groups in total. The predicted molar refractivity (Wildman–Crippen MR) is 20.4 cm³/mol. The maximum absolute atomic E-state index is 8.52. The van der Waals surface area contributed by atoms with Crippen LogP contribution in [0.5, 0.6) is 0 Å². The van der Waals surface area contributed by atoms with Gasteiger partial charge in [0.05, 0.1) is 0 Å². The number of hydrogen-bond donors (Lipinski definition) is 0. The molecule has 0 rings (SSSR count). The molecule has 0 unspecified atom stereocenters. The molecule has 0 aliphatic rings. The minimum absolute atomic E-state index is 0. The number of rotatable bonds is 0. The first kappa shape index (κ1) is 16.0. The standard InChI is InChI=1S/GeH3.K.H2O4S/c;;1-5(2,3)4/h1H3;;(H2,1,2,3,4)/q2*+1;/p-2. The van der Waals surface area contributed by atoms with Crippen LogP contribution in [0.15, 0.2) is 0 Å². The van der Waals surface area contributed by atoms with Crippen molar-refractivity contribution < 1.29 is 68.9 Å². The Kier molecular flexibility index (Phi) is 14.1. The van der Waals surface area contributed by atoms with E-state index in [1.807, 2.05) is 0 Å². The van der Waals surface area contributed by atoms with Crippen molar-refractivity contribution in [2.24, 2.45) is 0 Å². The molecule has 38 valence electrons. The summed E-state index contributed by atoms with van der Waals surface area (Å²) in [7, 11) is -5.17. The fourth-order valence-electron chi connectivity index (χ4n) is 0. The first-order valence-corrected chi connectivity index (χ1v) is 2.00. The van der Waals surface area contributed by atoms with Gasteiger partial charge >= 0.3 is 69.0 Å². The van der Waals surface area contributed by atoms with E-state index in [1.165, 1.54) is 0 Å². The van der Waals surface area contributed by atoms with Gasteiger partial charge in [0.15, 0.2) is 0 Å². The van der Waals surface area contributed by atoms with Gasteiger partial charge in [0.1, 0.15) is 0 Å². The molecule has 0 heterocycles. The summed E-state index contributed by atoms with van der Waals surface area (Å²) in [5, 5.41) is 0. The monoisotopic (exact) mass is 212 g/mol. The van der Waals surface area contributed by atoms with E-state index in [9.17, 15) is 0 Å². The van der Waals surface area contributed by atoms with Gasteiger partial charge in [-0.2, -0.15) is 0 Å². The normalized spacial score (nSPS) is 8.29. The van der Waals surface area contributed by atoms with E-state index < -0.39 is 10.4 Å². The molecule has 7 heavy (non-hydrogen) atoms. The van der Waals surface area contributed by atoms with Crippen LogP contribution in [0.2, 0.25) is 0 Å². The molecule has 0 bridgehead atoms. The van der Waals surface area contributed by atoms with Gasteiger partial charge in [-0.15, -0.1) is 0 Å². The molecule has 0 aliphatic carbocycles. The van der Waals surface area contributed by atoms with E-state index in [0.717, 1.165) is 0 Å². The van der Waals surface area contributed by atoms with Crippen LogP contribution in [0.1, 0.15) is 0 Å². The van der Waals surface area contributed by atoms with Gasteiger partial charge in [0.2, 0.25) is 0 Å². The zero-order valence-corrected chi connectivity index (χ0v) is 12.2. The third-order valence-corrected chi connectivity index (χ3v) is 0. The summed E-state index contributed by atoms with van der Waals surface area (Å²) in [6.07, 6.45) is 0. The van der Waals surface area contributed by atoms with Crippen LogP contribution in [-0.2, 0) is 10.4 Å². The SMILES string of the molecule is O=S(=O)([O-])[O-].[GeH3+].[K+]. The van der Waals surface area contributed by atoms with Gasteiger partial charge in [0.25, 0.3) is 0 Å². The Hall–Kier alpha value is 2.05. The van der Waals surface area contributed by atoms with Crippen LogP contribution >= 0.6 is 0 Å². The van der Waals surface area contributed by atoms with Gasteiger partial charge in [-0.05, 0) is 0 Å². The van der Waals surface area contributed by atoms with Crippen molar-refractivity contribution in [2.75, 3.05) is 0 Å². The summed E-state index contributed by atoms with van der Waals surface area (Å²) >= 11 is 0. The van der Waals surface area contributed by atoms with Gasteiger partial charge in [-0.25, -0.2) is 0 Å². The molecule has 0 aromatic heterocycles. The van der Waals surface area contributed by atoms with Crippen molar-refractivity contribution in [1.29, 1.82) is 0 Å². The van der Waals surface area contributed by atoms with Gasteiger partial charge in [0, 0.05) is 10.4 Å². The smallest absolute Gasteiger partial charge is 1.00 e. The first-order chi connectivity index (χ1) is 2.00. The molecule has 0 fully saturated rings. The predicted octanol–water partition coefficient (Wildman–Crippen LogP) is -5.52. The molecule has 0 amide bonds. The Morgan fingerprint density at radius 3 is 1.14 bits per heavy atom.